The van der Waals surface area contributed by atoms with E-state index in [1.807, 2.05) is 0 Å². The van der Waals surface area contributed by atoms with Crippen molar-refractivity contribution in [2.75, 3.05) is 7.11 Å². The maximum Gasteiger partial charge on any atom is 0.328 e. The van der Waals surface area contributed by atoms with Crippen LogP contribution in [0.1, 0.15) is 32.6 Å². The lowest BCUT2D eigenvalue weighted by atomic mass is 9.86. The molecule has 4 nitrogen and oxygen atoms in total. The van der Waals surface area contributed by atoms with Crippen molar-refractivity contribution in [2.24, 2.45) is 5.92 Å². The predicted octanol–water partition coefficient (Wildman–Crippen LogP) is 1.49. The first-order valence-electron chi connectivity index (χ1n) is 5.62. The summed E-state index contributed by atoms with van der Waals surface area (Å²) in [6.07, 6.45) is -0.213. The fourth-order valence-electron chi connectivity index (χ4n) is 1.87. The zero-order valence-corrected chi connectivity index (χ0v) is 9.96. The van der Waals surface area contributed by atoms with Gasteiger partial charge in [0.05, 0.1) is 7.11 Å². The van der Waals surface area contributed by atoms with Gasteiger partial charge in [0.15, 0.2) is 0 Å². The molecule has 0 radical (unpaired) electrons. The Morgan fingerprint density at radius 3 is 2.35 bits per heavy atom. The van der Waals surface area contributed by atoms with E-state index in [0.29, 0.717) is 0 Å². The molecule has 1 amide bonds. The van der Waals surface area contributed by atoms with E-state index in [1.54, 1.807) is 0 Å². The Hall–Kier alpha value is -1.20. The lowest BCUT2D eigenvalue weighted by molar-refractivity contribution is -0.145. The van der Waals surface area contributed by atoms with Crippen LogP contribution in [0.25, 0.3) is 0 Å². The minimum absolute atomic E-state index is 0.159. The fraction of sp³-hybridized carbons (Fsp3) is 0.818. The molecular weight excluding hydrogens is 232 g/mol. The summed E-state index contributed by atoms with van der Waals surface area (Å²) in [5.41, 5.74) is 0. The molecule has 1 atom stereocenters. The van der Waals surface area contributed by atoms with Crippen LogP contribution >= 0.6 is 0 Å². The third-order valence-corrected chi connectivity index (χ3v) is 3.00. The van der Waals surface area contributed by atoms with E-state index < -0.39 is 23.9 Å². The van der Waals surface area contributed by atoms with Crippen LogP contribution in [0.5, 0.6) is 0 Å². The van der Waals surface area contributed by atoms with E-state index in [2.05, 4.69) is 10.1 Å². The van der Waals surface area contributed by atoms with Crippen LogP contribution < -0.4 is 5.32 Å². The minimum Gasteiger partial charge on any atom is -0.467 e. The number of methoxy groups -OCH3 is 1. The van der Waals surface area contributed by atoms with Gasteiger partial charge in [0, 0.05) is 18.8 Å². The van der Waals surface area contributed by atoms with Crippen molar-refractivity contribution in [1.29, 1.82) is 0 Å². The molecule has 1 saturated carbocycles. The lowest BCUT2D eigenvalue weighted by Crippen LogP contribution is -2.43. The van der Waals surface area contributed by atoms with Crippen molar-refractivity contribution in [3.63, 3.8) is 0 Å². The highest BCUT2D eigenvalue weighted by Gasteiger charge is 2.37. The SMILES string of the molecule is COC(=O)C(C)NC(=O)C1CCC(F)(F)CC1. The third kappa shape index (κ3) is 3.94. The molecular formula is C11H17F2NO3. The van der Waals surface area contributed by atoms with Gasteiger partial charge in [-0.3, -0.25) is 4.79 Å². The molecule has 98 valence electrons. The van der Waals surface area contributed by atoms with Crippen molar-refractivity contribution >= 4 is 11.9 Å². The highest BCUT2D eigenvalue weighted by Crippen LogP contribution is 2.36. The molecule has 0 aliphatic heterocycles. The van der Waals surface area contributed by atoms with Crippen LogP contribution in [0.3, 0.4) is 0 Å². The number of rotatable bonds is 3. The number of halogens is 2. The van der Waals surface area contributed by atoms with Crippen LogP contribution in [0.4, 0.5) is 8.78 Å². The van der Waals surface area contributed by atoms with Gasteiger partial charge in [0.25, 0.3) is 0 Å². The van der Waals surface area contributed by atoms with E-state index in [-0.39, 0.29) is 31.6 Å². The van der Waals surface area contributed by atoms with Gasteiger partial charge < -0.3 is 10.1 Å². The number of esters is 1. The molecule has 6 heteroatoms. The van der Waals surface area contributed by atoms with Crippen molar-refractivity contribution in [3.05, 3.63) is 0 Å². The summed E-state index contributed by atoms with van der Waals surface area (Å²) in [6, 6.07) is -0.741. The Morgan fingerprint density at radius 1 is 1.35 bits per heavy atom. The highest BCUT2D eigenvalue weighted by molar-refractivity contribution is 5.85. The number of amides is 1. The first kappa shape index (κ1) is 13.9. The van der Waals surface area contributed by atoms with Crippen molar-refractivity contribution in [1.82, 2.24) is 5.32 Å². The summed E-state index contributed by atoms with van der Waals surface area (Å²) in [6.45, 7) is 1.50. The van der Waals surface area contributed by atoms with Gasteiger partial charge in [0.1, 0.15) is 6.04 Å². The van der Waals surface area contributed by atoms with Crippen molar-refractivity contribution < 1.29 is 23.1 Å². The van der Waals surface area contributed by atoms with E-state index in [4.69, 9.17) is 0 Å². The Bertz CT molecular complexity index is 297. The van der Waals surface area contributed by atoms with E-state index in [9.17, 15) is 18.4 Å². The minimum atomic E-state index is -2.65. The van der Waals surface area contributed by atoms with Crippen molar-refractivity contribution in [2.45, 2.75) is 44.6 Å². The standard InChI is InChI=1S/C11H17F2NO3/c1-7(10(16)17-2)14-9(15)8-3-5-11(12,13)6-4-8/h7-8H,3-6H2,1-2H3,(H,14,15). The highest BCUT2D eigenvalue weighted by atomic mass is 19.3. The maximum absolute atomic E-state index is 12.9. The average molecular weight is 249 g/mol. The summed E-state index contributed by atoms with van der Waals surface area (Å²) >= 11 is 0. The summed E-state index contributed by atoms with van der Waals surface area (Å²) in [5.74, 6) is -3.97. The molecule has 0 aromatic rings. The Kier molecular flexibility index (Phi) is 4.42. The molecule has 0 heterocycles. The third-order valence-electron chi connectivity index (χ3n) is 3.00. The molecule has 1 rings (SSSR count). The largest absolute Gasteiger partial charge is 0.467 e. The molecule has 1 N–H and O–H groups in total. The first-order chi connectivity index (χ1) is 7.85. The summed E-state index contributed by atoms with van der Waals surface area (Å²) in [4.78, 5) is 22.8. The second-order valence-corrected chi connectivity index (χ2v) is 4.38. The first-order valence-corrected chi connectivity index (χ1v) is 5.62. The number of carbonyl (C=O) groups excluding carboxylic acids is 2. The molecule has 1 aliphatic carbocycles. The summed E-state index contributed by atoms with van der Waals surface area (Å²) in [7, 11) is 1.23. The zero-order valence-electron chi connectivity index (χ0n) is 9.96. The number of carbonyl (C=O) groups is 2. The Labute approximate surface area is 98.7 Å². The summed E-state index contributed by atoms with van der Waals surface area (Å²) in [5, 5.41) is 2.47. The summed E-state index contributed by atoms with van der Waals surface area (Å²) < 4.78 is 30.2. The van der Waals surface area contributed by atoms with Crippen LogP contribution in [0.2, 0.25) is 0 Å². The van der Waals surface area contributed by atoms with Gasteiger partial charge in [-0.2, -0.15) is 0 Å². The van der Waals surface area contributed by atoms with Gasteiger partial charge in [-0.1, -0.05) is 0 Å². The molecule has 0 spiro atoms. The number of hydrogen-bond acceptors (Lipinski definition) is 3. The molecule has 17 heavy (non-hydrogen) atoms. The van der Waals surface area contributed by atoms with Crippen LogP contribution in [-0.2, 0) is 14.3 Å². The number of nitrogens with one attached hydrogen (secondary N) is 1. The molecule has 0 saturated heterocycles. The molecule has 1 fully saturated rings. The fourth-order valence-corrected chi connectivity index (χ4v) is 1.87. The molecule has 0 aromatic heterocycles. The van der Waals surface area contributed by atoms with E-state index in [1.165, 1.54) is 14.0 Å². The second-order valence-electron chi connectivity index (χ2n) is 4.38. The van der Waals surface area contributed by atoms with Gasteiger partial charge in [0.2, 0.25) is 11.8 Å². The lowest BCUT2D eigenvalue weighted by Gasteiger charge is -2.28. The monoisotopic (exact) mass is 249 g/mol. The van der Waals surface area contributed by atoms with Gasteiger partial charge in [-0.25, -0.2) is 13.6 Å². The molecule has 0 bridgehead atoms. The van der Waals surface area contributed by atoms with E-state index in [0.717, 1.165) is 0 Å². The topological polar surface area (TPSA) is 55.4 Å². The van der Waals surface area contributed by atoms with Gasteiger partial charge >= 0.3 is 5.97 Å². The van der Waals surface area contributed by atoms with Crippen LogP contribution in [0.15, 0.2) is 0 Å². The molecule has 0 aromatic carbocycles. The molecule has 1 aliphatic rings. The van der Waals surface area contributed by atoms with Crippen molar-refractivity contribution in [3.8, 4) is 0 Å². The normalized spacial score (nSPS) is 21.6. The smallest absolute Gasteiger partial charge is 0.328 e. The Morgan fingerprint density at radius 2 is 1.88 bits per heavy atom. The Balaban J connectivity index is 2.42. The maximum atomic E-state index is 12.9. The van der Waals surface area contributed by atoms with Gasteiger partial charge in [-0.05, 0) is 19.8 Å². The van der Waals surface area contributed by atoms with Gasteiger partial charge in [-0.15, -0.1) is 0 Å². The molecule has 1 unspecified atom stereocenters. The predicted molar refractivity (Wildman–Crippen MR) is 56.5 cm³/mol. The van der Waals surface area contributed by atoms with Crippen LogP contribution in [0, 0.1) is 5.92 Å². The quantitative estimate of drug-likeness (QED) is 0.771. The average Bonchev–Trinajstić information content (AvgIpc) is 2.27. The zero-order chi connectivity index (χ0) is 13.1. The second kappa shape index (κ2) is 5.42. The van der Waals surface area contributed by atoms with E-state index >= 15 is 0 Å². The number of ether oxygens (including phenoxy) is 1. The number of hydrogen-bond donors (Lipinski definition) is 1. The number of alkyl halides is 2. The van der Waals surface area contributed by atoms with Crippen LogP contribution in [-0.4, -0.2) is 31.0 Å².